The van der Waals surface area contributed by atoms with Crippen LogP contribution >= 0.6 is 8.53 Å². The molecule has 0 saturated carbocycles. The van der Waals surface area contributed by atoms with Gasteiger partial charge in [-0.2, -0.15) is 4.98 Å². The lowest BCUT2D eigenvalue weighted by molar-refractivity contribution is -0.0895. The highest BCUT2D eigenvalue weighted by atomic mass is 32.2. The Hall–Kier alpha value is -2.52. The van der Waals surface area contributed by atoms with E-state index >= 15 is 0 Å². The lowest BCUT2D eigenvalue weighted by Gasteiger charge is -2.38. The zero-order chi connectivity index (χ0) is 30.8. The molecule has 41 heavy (non-hydrogen) atoms. The molecule has 2 aliphatic heterocycles. The van der Waals surface area contributed by atoms with Crippen LogP contribution < -0.4 is 11.0 Å². The van der Waals surface area contributed by atoms with Crippen LogP contribution in [-0.4, -0.2) is 71.8 Å². The number of fused-ring (bicyclic) bond motifs is 2. The van der Waals surface area contributed by atoms with Crippen LogP contribution in [0.1, 0.15) is 65.0 Å². The second kappa shape index (κ2) is 12.8. The molecule has 0 aliphatic carbocycles. The van der Waals surface area contributed by atoms with Gasteiger partial charge in [-0.3, -0.25) is 13.6 Å². The highest BCUT2D eigenvalue weighted by molar-refractivity contribution is 7.86. The molecule has 1 aromatic heterocycles. The largest absolute Gasteiger partial charge is 0.351 e. The van der Waals surface area contributed by atoms with Crippen molar-refractivity contribution in [3.8, 4) is 0 Å². The van der Waals surface area contributed by atoms with Crippen molar-refractivity contribution in [1.82, 2.24) is 14.2 Å². The van der Waals surface area contributed by atoms with Gasteiger partial charge >= 0.3 is 5.69 Å². The molecule has 3 heterocycles. The van der Waals surface area contributed by atoms with Crippen LogP contribution in [0.4, 0.5) is 5.82 Å². The molecular formula is C28H38N5O6PS. The Morgan fingerprint density at radius 2 is 2.02 bits per heavy atom. The number of aryl methyl sites for hydroxylation is 1. The number of nitrogens with one attached hydrogen (secondary N) is 1. The Balaban J connectivity index is 1.67. The van der Waals surface area contributed by atoms with Gasteiger partial charge < -0.3 is 23.9 Å². The number of anilines is 1. The predicted molar refractivity (Wildman–Crippen MR) is 159 cm³/mol. The van der Waals surface area contributed by atoms with E-state index < -0.39 is 59.4 Å². The summed E-state index contributed by atoms with van der Waals surface area (Å²) in [5.41, 5.74) is -1.01. The molecule has 0 spiro atoms. The molecule has 222 valence electrons. The number of ether oxygens (including phenoxy) is 1. The Labute approximate surface area is 246 Å². The van der Waals surface area contributed by atoms with Crippen LogP contribution in [0.25, 0.3) is 4.85 Å². The molecule has 11 nitrogen and oxygen atoms in total. The Morgan fingerprint density at radius 3 is 2.63 bits per heavy atom. The SMILES string of the molecule is [2H]C[C@@]12O[C@@H](n3cc(C)c(NC(=O)c4ccccc4)nc3=O)[C@@H]([C@@H]1OP(OCC[N+]#[C-])N(C(C)C)C(C)C)S(=O)C2C. The Bertz CT molecular complexity index is 1400. The van der Waals surface area contributed by atoms with E-state index in [0.29, 0.717) is 11.1 Å². The number of nitrogens with zero attached hydrogens (tertiary/aromatic N) is 4. The van der Waals surface area contributed by atoms with Gasteiger partial charge in [0.15, 0.2) is 6.23 Å². The number of benzene rings is 1. The van der Waals surface area contributed by atoms with Crippen molar-refractivity contribution in [1.29, 1.82) is 0 Å². The molecule has 0 radical (unpaired) electrons. The third kappa shape index (κ3) is 6.17. The number of amides is 1. The van der Waals surface area contributed by atoms with E-state index in [2.05, 4.69) is 19.8 Å². The summed E-state index contributed by atoms with van der Waals surface area (Å²) < 4.78 is 44.8. The summed E-state index contributed by atoms with van der Waals surface area (Å²) in [6.07, 6.45) is -0.275. The van der Waals surface area contributed by atoms with Crippen molar-refractivity contribution >= 4 is 31.1 Å². The summed E-state index contributed by atoms with van der Waals surface area (Å²) >= 11 is 0. The number of hydrogen-bond donors (Lipinski definition) is 1. The van der Waals surface area contributed by atoms with Gasteiger partial charge in [-0.05, 0) is 60.6 Å². The molecule has 2 saturated heterocycles. The van der Waals surface area contributed by atoms with Gasteiger partial charge in [0.2, 0.25) is 6.54 Å². The van der Waals surface area contributed by atoms with Crippen molar-refractivity contribution in [3.63, 3.8) is 0 Å². The lowest BCUT2D eigenvalue weighted by Crippen LogP contribution is -2.45. The Kier molecular flexibility index (Phi) is 9.33. The number of hydrogen-bond acceptors (Lipinski definition) is 8. The zero-order valence-electron chi connectivity index (χ0n) is 25.1. The molecule has 1 N–H and O–H groups in total. The number of aromatic nitrogens is 2. The van der Waals surface area contributed by atoms with Crippen LogP contribution in [0.2, 0.25) is 0 Å². The van der Waals surface area contributed by atoms with E-state index in [9.17, 15) is 13.8 Å². The first-order valence-corrected chi connectivity index (χ1v) is 15.9. The van der Waals surface area contributed by atoms with Crippen molar-refractivity contribution in [3.05, 3.63) is 69.6 Å². The second-order valence-corrected chi connectivity index (χ2v) is 14.0. The Morgan fingerprint density at radius 1 is 1.34 bits per heavy atom. The molecule has 7 atom stereocenters. The molecule has 2 aromatic rings. The van der Waals surface area contributed by atoms with E-state index in [0.717, 1.165) is 0 Å². The van der Waals surface area contributed by atoms with Gasteiger partial charge in [-0.25, -0.2) is 16.0 Å². The van der Waals surface area contributed by atoms with Crippen molar-refractivity contribution in [2.45, 2.75) is 89.0 Å². The lowest BCUT2D eigenvalue weighted by atomic mass is 9.96. The standard InChI is InChI=1S/C28H38N5O6PS/c1-17(2)33(18(3)4)40(37-15-14-29-8)39-23-22-26(38-28(23,7)20(6)41(22)36)32-16-19(5)24(31-27(32)35)30-25(34)21-12-10-9-11-13-21/h9-13,16-18,20,22-23,26H,14-15H2,1-7H3,(H,30,31,34,35)/t20?,22-,23+,26-,28+,40?,41?/m1/s1/i7D. The van der Waals surface area contributed by atoms with Gasteiger partial charge in [0.1, 0.15) is 29.4 Å². The van der Waals surface area contributed by atoms with E-state index in [-0.39, 0.29) is 38.0 Å². The first kappa shape index (κ1) is 30.0. The maximum absolute atomic E-state index is 13.8. The van der Waals surface area contributed by atoms with Gasteiger partial charge in [0.25, 0.3) is 14.4 Å². The summed E-state index contributed by atoms with van der Waals surface area (Å²) in [6.45, 7) is 18.8. The molecule has 1 amide bonds. The summed E-state index contributed by atoms with van der Waals surface area (Å²) in [7, 11) is -3.22. The summed E-state index contributed by atoms with van der Waals surface area (Å²) in [5.74, 6) is -0.283. The van der Waals surface area contributed by atoms with E-state index in [1.807, 2.05) is 27.7 Å². The second-order valence-electron chi connectivity index (χ2n) is 10.7. The van der Waals surface area contributed by atoms with E-state index in [1.165, 1.54) is 10.8 Å². The molecule has 2 aliphatic rings. The van der Waals surface area contributed by atoms with Crippen LogP contribution in [0.5, 0.6) is 0 Å². The highest BCUT2D eigenvalue weighted by Crippen LogP contribution is 2.57. The van der Waals surface area contributed by atoms with Crippen LogP contribution in [0.15, 0.2) is 41.3 Å². The van der Waals surface area contributed by atoms with Crippen molar-refractivity contribution in [2.24, 2.45) is 0 Å². The first-order chi connectivity index (χ1) is 20.0. The maximum atomic E-state index is 13.8. The maximum Gasteiger partial charge on any atom is 0.351 e. The fourth-order valence-corrected chi connectivity index (χ4v) is 9.06. The van der Waals surface area contributed by atoms with Gasteiger partial charge in [0, 0.05) is 41.6 Å². The van der Waals surface area contributed by atoms with Gasteiger partial charge in [0.05, 0.1) is 5.25 Å². The van der Waals surface area contributed by atoms with Crippen molar-refractivity contribution < 1.29 is 24.2 Å². The summed E-state index contributed by atoms with van der Waals surface area (Å²) in [5, 5.41) is 1.39. The molecule has 13 heteroatoms. The molecule has 2 fully saturated rings. The van der Waals surface area contributed by atoms with Gasteiger partial charge in [-0.1, -0.05) is 18.2 Å². The smallest absolute Gasteiger partial charge is 0.346 e. The third-order valence-electron chi connectivity index (χ3n) is 7.24. The summed E-state index contributed by atoms with van der Waals surface area (Å²) in [4.78, 5) is 33.5. The molecule has 4 rings (SSSR count). The summed E-state index contributed by atoms with van der Waals surface area (Å²) in [6, 6.07) is 8.69. The minimum atomic E-state index is -1.71. The topological polar surface area (TPSA) is 116 Å². The van der Waals surface area contributed by atoms with Crippen molar-refractivity contribution in [2.75, 3.05) is 18.5 Å². The molecule has 2 bridgehead atoms. The van der Waals surface area contributed by atoms with Crippen LogP contribution in [0.3, 0.4) is 0 Å². The van der Waals surface area contributed by atoms with Crippen LogP contribution in [-0.2, 0) is 24.6 Å². The normalized spacial score (nSPS) is 28.2. The van der Waals surface area contributed by atoms with Crippen LogP contribution in [0, 0.1) is 13.5 Å². The zero-order valence-corrected chi connectivity index (χ0v) is 25.9. The number of rotatable bonds is 11. The number of carbonyl (C=O) groups is 1. The fourth-order valence-electron chi connectivity index (χ4n) is 5.18. The third-order valence-corrected chi connectivity index (χ3v) is 11.5. The molecule has 3 unspecified atom stereocenters. The fraction of sp³-hybridized carbons (Fsp3) is 0.571. The monoisotopic (exact) mass is 604 g/mol. The first-order valence-electron chi connectivity index (χ1n) is 14.2. The number of carbonyl (C=O) groups excluding carboxylic acids is 1. The average Bonchev–Trinajstić information content (AvgIpc) is 3.37. The minimum absolute atomic E-state index is 0.0443. The average molecular weight is 605 g/mol. The van der Waals surface area contributed by atoms with Gasteiger partial charge in [-0.15, -0.1) is 0 Å². The predicted octanol–water partition coefficient (Wildman–Crippen LogP) is 4.28. The van der Waals surface area contributed by atoms with E-state index in [1.54, 1.807) is 44.2 Å². The minimum Gasteiger partial charge on any atom is -0.346 e. The highest BCUT2D eigenvalue weighted by Gasteiger charge is 2.68. The molecular weight excluding hydrogens is 565 g/mol. The van der Waals surface area contributed by atoms with E-state index in [4.69, 9.17) is 21.7 Å². The molecule has 1 aromatic carbocycles. The quantitative estimate of drug-likeness (QED) is 0.230.